The number of phenolic OH excluding ortho intramolecular Hbond substituents is 1. The van der Waals surface area contributed by atoms with Crippen molar-refractivity contribution in [2.24, 2.45) is 0 Å². The Morgan fingerprint density at radius 2 is 1.96 bits per heavy atom. The molecule has 0 bridgehead atoms. The number of fused-ring (bicyclic) bond motifs is 1. The van der Waals surface area contributed by atoms with Gasteiger partial charge in [-0.15, -0.1) is 0 Å². The van der Waals surface area contributed by atoms with E-state index in [0.29, 0.717) is 16.7 Å². The lowest BCUT2D eigenvalue weighted by Crippen LogP contribution is -2.30. The fourth-order valence-corrected chi connectivity index (χ4v) is 2.10. The van der Waals surface area contributed by atoms with E-state index in [1.165, 1.54) is 0 Å². The molecule has 0 aliphatic rings. The summed E-state index contributed by atoms with van der Waals surface area (Å²) >= 11 is 0. The van der Waals surface area contributed by atoms with Gasteiger partial charge in [-0.05, 0) is 36.6 Å². The highest BCUT2D eigenvalue weighted by Crippen LogP contribution is 2.27. The SMILES string of the molecule is C=C(C)C(=O)OCCOCCNC(=O)Oc1ccc2c(O)cccc2c1. The van der Waals surface area contributed by atoms with E-state index < -0.39 is 12.1 Å². The number of rotatable bonds is 8. The maximum absolute atomic E-state index is 11.8. The topological polar surface area (TPSA) is 94.1 Å². The molecule has 0 radical (unpaired) electrons. The molecule has 0 fully saturated rings. The first-order valence-corrected chi connectivity index (χ1v) is 8.05. The first kappa shape index (κ1) is 19.3. The number of esters is 1. The maximum Gasteiger partial charge on any atom is 0.412 e. The van der Waals surface area contributed by atoms with Crippen LogP contribution in [0.3, 0.4) is 0 Å². The molecular formula is C19H21NO6. The van der Waals surface area contributed by atoms with E-state index in [1.807, 2.05) is 6.07 Å². The molecule has 0 spiro atoms. The molecule has 2 N–H and O–H groups in total. The quantitative estimate of drug-likeness (QED) is 0.428. The van der Waals surface area contributed by atoms with Gasteiger partial charge in [-0.2, -0.15) is 0 Å². The molecule has 2 rings (SSSR count). The molecule has 0 saturated heterocycles. The normalized spacial score (nSPS) is 10.3. The molecular weight excluding hydrogens is 338 g/mol. The Morgan fingerprint density at radius 1 is 1.15 bits per heavy atom. The highest BCUT2D eigenvalue weighted by molar-refractivity contribution is 5.89. The highest BCUT2D eigenvalue weighted by Gasteiger charge is 2.06. The van der Waals surface area contributed by atoms with Crippen molar-refractivity contribution in [3.05, 3.63) is 48.6 Å². The molecule has 0 atom stereocenters. The Morgan fingerprint density at radius 3 is 2.73 bits per heavy atom. The van der Waals surface area contributed by atoms with Crippen molar-refractivity contribution in [1.29, 1.82) is 0 Å². The summed E-state index contributed by atoms with van der Waals surface area (Å²) in [6.45, 7) is 5.89. The van der Waals surface area contributed by atoms with Gasteiger partial charge in [0.05, 0.1) is 13.2 Å². The van der Waals surface area contributed by atoms with Gasteiger partial charge in [0.25, 0.3) is 0 Å². The Hall–Kier alpha value is -3.06. The van der Waals surface area contributed by atoms with Crippen LogP contribution in [0.1, 0.15) is 6.92 Å². The summed E-state index contributed by atoms with van der Waals surface area (Å²) < 4.78 is 15.3. The maximum atomic E-state index is 11.8. The van der Waals surface area contributed by atoms with Crippen molar-refractivity contribution in [2.45, 2.75) is 6.92 Å². The molecule has 2 aromatic carbocycles. The molecule has 26 heavy (non-hydrogen) atoms. The fraction of sp³-hybridized carbons (Fsp3) is 0.263. The molecule has 0 heterocycles. The van der Waals surface area contributed by atoms with E-state index in [4.69, 9.17) is 14.2 Å². The van der Waals surface area contributed by atoms with Gasteiger partial charge in [0.2, 0.25) is 0 Å². The van der Waals surface area contributed by atoms with Crippen LogP contribution in [0.5, 0.6) is 11.5 Å². The van der Waals surface area contributed by atoms with E-state index in [2.05, 4.69) is 11.9 Å². The first-order valence-electron chi connectivity index (χ1n) is 8.05. The Balaban J connectivity index is 1.66. The third kappa shape index (κ3) is 5.78. The first-order chi connectivity index (χ1) is 12.5. The van der Waals surface area contributed by atoms with Gasteiger partial charge in [0, 0.05) is 17.5 Å². The third-order valence-electron chi connectivity index (χ3n) is 3.36. The predicted octanol–water partition coefficient (Wildman–Crippen LogP) is 2.77. The summed E-state index contributed by atoms with van der Waals surface area (Å²) in [5, 5.41) is 13.7. The van der Waals surface area contributed by atoms with Crippen LogP contribution in [0.4, 0.5) is 4.79 Å². The average molecular weight is 359 g/mol. The number of benzene rings is 2. The zero-order chi connectivity index (χ0) is 18.9. The summed E-state index contributed by atoms with van der Waals surface area (Å²) in [6, 6.07) is 10.1. The number of carbonyl (C=O) groups excluding carboxylic acids is 2. The van der Waals surface area contributed by atoms with Crippen LogP contribution >= 0.6 is 0 Å². The lowest BCUT2D eigenvalue weighted by Gasteiger charge is -2.09. The molecule has 7 heteroatoms. The number of amides is 1. The van der Waals surface area contributed by atoms with Crippen molar-refractivity contribution in [1.82, 2.24) is 5.32 Å². The number of nitrogens with one attached hydrogen (secondary N) is 1. The summed E-state index contributed by atoms with van der Waals surface area (Å²) in [5.41, 5.74) is 0.332. The van der Waals surface area contributed by atoms with Crippen molar-refractivity contribution in [3.63, 3.8) is 0 Å². The minimum Gasteiger partial charge on any atom is -0.507 e. The molecule has 0 aromatic heterocycles. The van der Waals surface area contributed by atoms with Gasteiger partial charge >= 0.3 is 12.1 Å². The number of phenols is 1. The second-order valence-corrected chi connectivity index (χ2v) is 5.50. The molecule has 0 saturated carbocycles. The van der Waals surface area contributed by atoms with Crippen LogP contribution in [-0.2, 0) is 14.3 Å². The zero-order valence-corrected chi connectivity index (χ0v) is 14.5. The summed E-state index contributed by atoms with van der Waals surface area (Å²) in [6.07, 6.45) is -0.609. The number of hydrogen-bond acceptors (Lipinski definition) is 6. The zero-order valence-electron chi connectivity index (χ0n) is 14.5. The van der Waals surface area contributed by atoms with Gasteiger partial charge in [-0.3, -0.25) is 0 Å². The van der Waals surface area contributed by atoms with Gasteiger partial charge in [0.15, 0.2) is 0 Å². The standard InChI is InChI=1S/C19H21NO6/c1-13(2)18(22)25-11-10-24-9-8-20-19(23)26-15-6-7-16-14(12-15)4-3-5-17(16)21/h3-7,12,21H,1,8-11H2,2H3,(H,20,23). The molecule has 0 aliphatic heterocycles. The summed E-state index contributed by atoms with van der Waals surface area (Å²) in [5.74, 6) is 0.0804. The van der Waals surface area contributed by atoms with Gasteiger partial charge < -0.3 is 24.6 Å². The average Bonchev–Trinajstić information content (AvgIpc) is 2.60. The van der Waals surface area contributed by atoms with Crippen molar-refractivity contribution in [3.8, 4) is 11.5 Å². The Kier molecular flexibility index (Phi) is 6.99. The molecule has 0 aliphatic carbocycles. The number of ether oxygens (including phenoxy) is 3. The van der Waals surface area contributed by atoms with E-state index in [-0.39, 0.29) is 32.1 Å². The molecule has 7 nitrogen and oxygen atoms in total. The second-order valence-electron chi connectivity index (χ2n) is 5.50. The van der Waals surface area contributed by atoms with Crippen molar-refractivity contribution >= 4 is 22.8 Å². The van der Waals surface area contributed by atoms with E-state index >= 15 is 0 Å². The monoisotopic (exact) mass is 359 g/mol. The third-order valence-corrected chi connectivity index (χ3v) is 3.36. The molecule has 138 valence electrons. The van der Waals surface area contributed by atoms with Crippen molar-refractivity contribution in [2.75, 3.05) is 26.4 Å². The van der Waals surface area contributed by atoms with Crippen LogP contribution in [0.15, 0.2) is 48.6 Å². The summed E-state index contributed by atoms with van der Waals surface area (Å²) in [7, 11) is 0. The molecule has 2 aromatic rings. The predicted molar refractivity (Wildman–Crippen MR) is 96.2 cm³/mol. The smallest absolute Gasteiger partial charge is 0.412 e. The number of aromatic hydroxyl groups is 1. The lowest BCUT2D eigenvalue weighted by atomic mass is 10.1. The van der Waals surface area contributed by atoms with Crippen LogP contribution in [0.25, 0.3) is 10.8 Å². The van der Waals surface area contributed by atoms with Gasteiger partial charge in [0.1, 0.15) is 18.1 Å². The highest BCUT2D eigenvalue weighted by atomic mass is 16.6. The minimum atomic E-state index is -0.609. The van der Waals surface area contributed by atoms with E-state index in [1.54, 1.807) is 37.3 Å². The molecule has 1 amide bonds. The van der Waals surface area contributed by atoms with Crippen LogP contribution < -0.4 is 10.1 Å². The van der Waals surface area contributed by atoms with Gasteiger partial charge in [-0.25, -0.2) is 9.59 Å². The van der Waals surface area contributed by atoms with Crippen LogP contribution in [-0.4, -0.2) is 43.5 Å². The summed E-state index contributed by atoms with van der Waals surface area (Å²) in [4.78, 5) is 22.9. The Labute approximate surface area is 151 Å². The largest absolute Gasteiger partial charge is 0.507 e. The van der Waals surface area contributed by atoms with Crippen LogP contribution in [0.2, 0.25) is 0 Å². The fourth-order valence-electron chi connectivity index (χ4n) is 2.10. The van der Waals surface area contributed by atoms with E-state index in [9.17, 15) is 14.7 Å². The number of hydrogen-bond donors (Lipinski definition) is 2. The second kappa shape index (κ2) is 9.43. The Bertz CT molecular complexity index is 802. The lowest BCUT2D eigenvalue weighted by molar-refractivity contribution is -0.140. The van der Waals surface area contributed by atoms with E-state index in [0.717, 1.165) is 5.39 Å². The van der Waals surface area contributed by atoms with Crippen molar-refractivity contribution < 1.29 is 28.9 Å². The molecule has 0 unspecified atom stereocenters. The van der Waals surface area contributed by atoms with Gasteiger partial charge in [-0.1, -0.05) is 18.7 Å². The number of carbonyl (C=O) groups is 2. The minimum absolute atomic E-state index is 0.125. The van der Waals surface area contributed by atoms with Crippen LogP contribution in [0, 0.1) is 0 Å².